The minimum absolute atomic E-state index is 0.140. The lowest BCUT2D eigenvalue weighted by molar-refractivity contribution is 0.337. The molecule has 1 aromatic carbocycles. The molecule has 3 heteroatoms. The molecule has 3 rings (SSSR count). The molecule has 0 bridgehead atoms. The van der Waals surface area contributed by atoms with Crippen LogP contribution in [0.1, 0.15) is 36.6 Å². The summed E-state index contributed by atoms with van der Waals surface area (Å²) in [7, 11) is 0. The minimum atomic E-state index is 0.140. The summed E-state index contributed by atoms with van der Waals surface area (Å²) in [5.74, 6) is 0.719. The Kier molecular flexibility index (Phi) is 3.58. The van der Waals surface area contributed by atoms with E-state index in [1.165, 1.54) is 35.0 Å². The first kappa shape index (κ1) is 12.7. The van der Waals surface area contributed by atoms with Crippen LogP contribution in [-0.4, -0.2) is 18.1 Å². The zero-order chi connectivity index (χ0) is 13.2. The number of hydrogen-bond donors (Lipinski definition) is 3. The van der Waals surface area contributed by atoms with E-state index in [0.29, 0.717) is 0 Å². The van der Waals surface area contributed by atoms with E-state index >= 15 is 0 Å². The number of para-hydroxylation sites is 1. The molecule has 19 heavy (non-hydrogen) atoms. The molecule has 3 nitrogen and oxygen atoms in total. The smallest absolute Gasteiger partial charge is 0.0459 e. The van der Waals surface area contributed by atoms with E-state index in [1.54, 1.807) is 0 Å². The van der Waals surface area contributed by atoms with Crippen molar-refractivity contribution < 1.29 is 0 Å². The van der Waals surface area contributed by atoms with Crippen LogP contribution >= 0.6 is 0 Å². The molecule has 4 N–H and O–H groups in total. The third-order valence-corrected chi connectivity index (χ3v) is 4.30. The summed E-state index contributed by atoms with van der Waals surface area (Å²) in [6.07, 6.45) is 3.67. The van der Waals surface area contributed by atoms with Crippen LogP contribution in [0.5, 0.6) is 0 Å². The Morgan fingerprint density at radius 1 is 1.37 bits per heavy atom. The Morgan fingerprint density at radius 2 is 2.21 bits per heavy atom. The Morgan fingerprint density at radius 3 is 3.00 bits per heavy atom. The molecule has 1 fully saturated rings. The monoisotopic (exact) mass is 257 g/mol. The first-order valence-electron chi connectivity index (χ1n) is 7.29. The molecule has 0 spiro atoms. The number of aryl methyl sites for hydroxylation is 1. The van der Waals surface area contributed by atoms with E-state index in [-0.39, 0.29) is 6.04 Å². The van der Waals surface area contributed by atoms with Gasteiger partial charge < -0.3 is 16.0 Å². The van der Waals surface area contributed by atoms with E-state index in [0.717, 1.165) is 25.4 Å². The number of aromatic amines is 1. The molecule has 1 saturated heterocycles. The van der Waals surface area contributed by atoms with E-state index < -0.39 is 0 Å². The average molecular weight is 257 g/mol. The number of H-pyrrole nitrogens is 1. The standard InChI is InChI=1S/C16H23N3/c1-11-16(13-6-2-3-7-15(13)19-11)14(17)9-12-5-4-8-18-10-12/h2-3,6-7,12,14,18-19H,4-5,8-10,17H2,1H3. The van der Waals surface area contributed by atoms with Crippen molar-refractivity contribution in [2.24, 2.45) is 11.7 Å². The van der Waals surface area contributed by atoms with E-state index in [2.05, 4.69) is 41.5 Å². The van der Waals surface area contributed by atoms with Crippen LogP contribution in [0.2, 0.25) is 0 Å². The van der Waals surface area contributed by atoms with Crippen molar-refractivity contribution >= 4 is 10.9 Å². The summed E-state index contributed by atoms with van der Waals surface area (Å²) in [6.45, 7) is 4.42. The second-order valence-electron chi connectivity index (χ2n) is 5.76. The normalized spacial score (nSPS) is 21.7. The zero-order valence-corrected chi connectivity index (χ0v) is 11.6. The van der Waals surface area contributed by atoms with Crippen molar-refractivity contribution in [2.45, 2.75) is 32.2 Å². The molecule has 2 atom stereocenters. The zero-order valence-electron chi connectivity index (χ0n) is 11.6. The molecular weight excluding hydrogens is 234 g/mol. The number of piperidine rings is 1. The van der Waals surface area contributed by atoms with Gasteiger partial charge in [-0.3, -0.25) is 0 Å². The Bertz CT molecular complexity index is 552. The van der Waals surface area contributed by atoms with Crippen LogP contribution in [0.4, 0.5) is 0 Å². The topological polar surface area (TPSA) is 53.8 Å². The van der Waals surface area contributed by atoms with Crippen LogP contribution in [-0.2, 0) is 0 Å². The van der Waals surface area contributed by atoms with Crippen LogP contribution < -0.4 is 11.1 Å². The highest BCUT2D eigenvalue weighted by Gasteiger charge is 2.21. The van der Waals surface area contributed by atoms with Gasteiger partial charge in [-0.05, 0) is 56.8 Å². The highest BCUT2D eigenvalue weighted by molar-refractivity contribution is 5.85. The molecule has 1 aliphatic heterocycles. The third kappa shape index (κ3) is 2.53. The van der Waals surface area contributed by atoms with Crippen molar-refractivity contribution in [3.8, 4) is 0 Å². The van der Waals surface area contributed by atoms with Gasteiger partial charge in [-0.15, -0.1) is 0 Å². The van der Waals surface area contributed by atoms with Crippen molar-refractivity contribution in [2.75, 3.05) is 13.1 Å². The van der Waals surface area contributed by atoms with Gasteiger partial charge in [0, 0.05) is 22.6 Å². The van der Waals surface area contributed by atoms with Gasteiger partial charge in [-0.1, -0.05) is 18.2 Å². The molecule has 0 radical (unpaired) electrons. The summed E-state index contributed by atoms with van der Waals surface area (Å²) in [5, 5.41) is 4.76. The molecule has 2 aromatic rings. The predicted octanol–water partition coefficient (Wildman–Crippen LogP) is 2.87. The summed E-state index contributed by atoms with van der Waals surface area (Å²) < 4.78 is 0. The van der Waals surface area contributed by atoms with Crippen molar-refractivity contribution in [3.63, 3.8) is 0 Å². The summed E-state index contributed by atoms with van der Waals surface area (Å²) >= 11 is 0. The minimum Gasteiger partial charge on any atom is -0.358 e. The van der Waals surface area contributed by atoms with Crippen LogP contribution in [0.15, 0.2) is 24.3 Å². The second kappa shape index (κ2) is 5.35. The fraction of sp³-hybridized carbons (Fsp3) is 0.500. The SMILES string of the molecule is Cc1[nH]c2ccccc2c1C(N)CC1CCCNC1. The van der Waals surface area contributed by atoms with Gasteiger partial charge in [0.25, 0.3) is 0 Å². The lowest BCUT2D eigenvalue weighted by Gasteiger charge is -2.25. The number of rotatable bonds is 3. The fourth-order valence-corrected chi connectivity index (χ4v) is 3.38. The van der Waals surface area contributed by atoms with Crippen molar-refractivity contribution in [3.05, 3.63) is 35.5 Å². The molecule has 102 valence electrons. The fourth-order valence-electron chi connectivity index (χ4n) is 3.38. The van der Waals surface area contributed by atoms with Crippen LogP contribution in [0.25, 0.3) is 10.9 Å². The van der Waals surface area contributed by atoms with Gasteiger partial charge >= 0.3 is 0 Å². The van der Waals surface area contributed by atoms with E-state index in [1.807, 2.05) is 0 Å². The van der Waals surface area contributed by atoms with Crippen molar-refractivity contribution in [1.29, 1.82) is 0 Å². The molecule has 1 aliphatic rings. The molecule has 0 aliphatic carbocycles. The molecule has 2 unspecified atom stereocenters. The molecule has 2 heterocycles. The van der Waals surface area contributed by atoms with E-state index in [9.17, 15) is 0 Å². The summed E-state index contributed by atoms with van der Waals surface area (Å²) in [6, 6.07) is 8.60. The number of aromatic nitrogens is 1. The second-order valence-corrected chi connectivity index (χ2v) is 5.76. The van der Waals surface area contributed by atoms with Gasteiger partial charge in [0.15, 0.2) is 0 Å². The maximum absolute atomic E-state index is 6.49. The quantitative estimate of drug-likeness (QED) is 0.792. The molecule has 0 saturated carbocycles. The number of hydrogen-bond acceptors (Lipinski definition) is 2. The number of fused-ring (bicyclic) bond motifs is 1. The average Bonchev–Trinajstić information content (AvgIpc) is 2.75. The highest BCUT2D eigenvalue weighted by Crippen LogP contribution is 2.31. The summed E-state index contributed by atoms with van der Waals surface area (Å²) in [5.41, 5.74) is 10.2. The van der Waals surface area contributed by atoms with Crippen LogP contribution in [0, 0.1) is 12.8 Å². The van der Waals surface area contributed by atoms with Gasteiger partial charge in [0.1, 0.15) is 0 Å². The van der Waals surface area contributed by atoms with Gasteiger partial charge in [0.2, 0.25) is 0 Å². The number of nitrogens with two attached hydrogens (primary N) is 1. The first-order valence-corrected chi connectivity index (χ1v) is 7.29. The number of nitrogens with one attached hydrogen (secondary N) is 2. The lowest BCUT2D eigenvalue weighted by atomic mass is 9.89. The molecule has 0 amide bonds. The third-order valence-electron chi connectivity index (χ3n) is 4.30. The maximum Gasteiger partial charge on any atom is 0.0459 e. The highest BCUT2D eigenvalue weighted by atomic mass is 14.9. The summed E-state index contributed by atoms with van der Waals surface area (Å²) in [4.78, 5) is 3.45. The van der Waals surface area contributed by atoms with Gasteiger partial charge in [-0.25, -0.2) is 0 Å². The predicted molar refractivity (Wildman–Crippen MR) is 80.2 cm³/mol. The number of benzene rings is 1. The van der Waals surface area contributed by atoms with E-state index in [4.69, 9.17) is 5.73 Å². The molecule has 1 aromatic heterocycles. The van der Waals surface area contributed by atoms with Gasteiger partial charge in [-0.2, -0.15) is 0 Å². The Balaban J connectivity index is 1.84. The first-order chi connectivity index (χ1) is 9.25. The molecular formula is C16H23N3. The van der Waals surface area contributed by atoms with Gasteiger partial charge in [0.05, 0.1) is 0 Å². The maximum atomic E-state index is 6.49. The largest absolute Gasteiger partial charge is 0.358 e. The van der Waals surface area contributed by atoms with Crippen molar-refractivity contribution in [1.82, 2.24) is 10.3 Å². The Hall–Kier alpha value is -1.32. The lowest BCUT2D eigenvalue weighted by Crippen LogP contribution is -2.31. The van der Waals surface area contributed by atoms with Crippen LogP contribution in [0.3, 0.4) is 0 Å². The Labute approximate surface area is 114 Å².